The standard InChI is InChI=1S/C25H35NO/c1-3-5-7-8-9-10-11-22-12-16-24(17-13-22)26-21-23-14-18-25(19-15-23)27-20-6-4-2/h12-19,21H,3-11,20H2,1-2H3/b26-21+. The Labute approximate surface area is 165 Å². The zero-order valence-electron chi connectivity index (χ0n) is 17.1. The van der Waals surface area contributed by atoms with Gasteiger partial charge in [-0.05, 0) is 66.8 Å². The average molecular weight is 366 g/mol. The van der Waals surface area contributed by atoms with Gasteiger partial charge in [0.25, 0.3) is 0 Å². The lowest BCUT2D eigenvalue weighted by atomic mass is 10.0. The lowest BCUT2D eigenvalue weighted by Gasteiger charge is -2.05. The Balaban J connectivity index is 1.74. The summed E-state index contributed by atoms with van der Waals surface area (Å²) < 4.78 is 5.69. The van der Waals surface area contributed by atoms with E-state index in [-0.39, 0.29) is 0 Å². The maximum absolute atomic E-state index is 5.69. The first kappa shape index (κ1) is 21.2. The zero-order chi connectivity index (χ0) is 19.2. The van der Waals surface area contributed by atoms with Gasteiger partial charge in [0.2, 0.25) is 0 Å². The molecule has 2 aromatic carbocycles. The highest BCUT2D eigenvalue weighted by Gasteiger charge is 1.96. The third-order valence-corrected chi connectivity index (χ3v) is 4.76. The number of ether oxygens (including phenoxy) is 1. The van der Waals surface area contributed by atoms with Crippen molar-refractivity contribution in [2.75, 3.05) is 6.61 Å². The molecule has 0 atom stereocenters. The first-order valence-electron chi connectivity index (χ1n) is 10.7. The Morgan fingerprint density at radius 2 is 1.41 bits per heavy atom. The first-order chi connectivity index (χ1) is 13.3. The van der Waals surface area contributed by atoms with Crippen LogP contribution in [0.2, 0.25) is 0 Å². The highest BCUT2D eigenvalue weighted by molar-refractivity contribution is 5.82. The van der Waals surface area contributed by atoms with Gasteiger partial charge in [-0.15, -0.1) is 0 Å². The molecule has 0 N–H and O–H groups in total. The molecule has 0 spiro atoms. The Morgan fingerprint density at radius 1 is 0.741 bits per heavy atom. The van der Waals surface area contributed by atoms with Gasteiger partial charge in [0, 0.05) is 6.21 Å². The van der Waals surface area contributed by atoms with Crippen molar-refractivity contribution in [1.29, 1.82) is 0 Å². The molecule has 2 heteroatoms. The molecule has 0 unspecified atom stereocenters. The van der Waals surface area contributed by atoms with E-state index in [0.29, 0.717) is 0 Å². The number of nitrogens with zero attached hydrogens (tertiary/aromatic N) is 1. The minimum Gasteiger partial charge on any atom is -0.494 e. The van der Waals surface area contributed by atoms with Gasteiger partial charge in [0.15, 0.2) is 0 Å². The van der Waals surface area contributed by atoms with E-state index < -0.39 is 0 Å². The topological polar surface area (TPSA) is 21.6 Å². The van der Waals surface area contributed by atoms with E-state index in [1.165, 1.54) is 50.5 Å². The monoisotopic (exact) mass is 365 g/mol. The summed E-state index contributed by atoms with van der Waals surface area (Å²) in [6.07, 6.45) is 13.4. The number of aliphatic imine (C=N–C) groups is 1. The third-order valence-electron chi connectivity index (χ3n) is 4.76. The molecule has 0 heterocycles. The van der Waals surface area contributed by atoms with Crippen LogP contribution in [0.1, 0.15) is 76.3 Å². The normalized spacial score (nSPS) is 11.2. The highest BCUT2D eigenvalue weighted by Crippen LogP contribution is 2.17. The highest BCUT2D eigenvalue weighted by atomic mass is 16.5. The Hall–Kier alpha value is -2.09. The van der Waals surface area contributed by atoms with Gasteiger partial charge in [-0.1, -0.05) is 64.5 Å². The summed E-state index contributed by atoms with van der Waals surface area (Å²) in [5.74, 6) is 0.930. The van der Waals surface area contributed by atoms with Crippen LogP contribution in [0.15, 0.2) is 53.5 Å². The number of hydrogen-bond donors (Lipinski definition) is 0. The van der Waals surface area contributed by atoms with E-state index in [0.717, 1.165) is 36.4 Å². The van der Waals surface area contributed by atoms with Crippen molar-refractivity contribution in [2.24, 2.45) is 4.99 Å². The van der Waals surface area contributed by atoms with Gasteiger partial charge in [0.05, 0.1) is 12.3 Å². The van der Waals surface area contributed by atoms with Crippen molar-refractivity contribution in [3.8, 4) is 5.75 Å². The van der Waals surface area contributed by atoms with E-state index in [2.05, 4.69) is 55.2 Å². The van der Waals surface area contributed by atoms with Crippen LogP contribution in [0.3, 0.4) is 0 Å². The molecule has 0 aliphatic carbocycles. The molecule has 2 rings (SSSR count). The lowest BCUT2D eigenvalue weighted by molar-refractivity contribution is 0.309. The van der Waals surface area contributed by atoms with Gasteiger partial charge in [-0.3, -0.25) is 4.99 Å². The summed E-state index contributed by atoms with van der Waals surface area (Å²) >= 11 is 0. The number of benzene rings is 2. The van der Waals surface area contributed by atoms with E-state index >= 15 is 0 Å². The largest absolute Gasteiger partial charge is 0.494 e. The van der Waals surface area contributed by atoms with Crippen LogP contribution in [0.4, 0.5) is 5.69 Å². The molecule has 0 bridgehead atoms. The zero-order valence-corrected chi connectivity index (χ0v) is 17.1. The average Bonchev–Trinajstić information content (AvgIpc) is 2.71. The van der Waals surface area contributed by atoms with Crippen LogP contribution in [0.5, 0.6) is 5.75 Å². The molecule has 0 fully saturated rings. The Kier molecular flexibility index (Phi) is 10.3. The fourth-order valence-electron chi connectivity index (χ4n) is 2.99. The molecule has 2 aromatic rings. The van der Waals surface area contributed by atoms with Gasteiger partial charge >= 0.3 is 0 Å². The van der Waals surface area contributed by atoms with Crippen LogP contribution in [0, 0.1) is 0 Å². The first-order valence-corrected chi connectivity index (χ1v) is 10.7. The molecular weight excluding hydrogens is 330 g/mol. The number of hydrogen-bond acceptors (Lipinski definition) is 2. The van der Waals surface area contributed by atoms with E-state index in [1.54, 1.807) is 0 Å². The summed E-state index contributed by atoms with van der Waals surface area (Å²) in [7, 11) is 0. The maximum Gasteiger partial charge on any atom is 0.119 e. The minimum absolute atomic E-state index is 0.787. The maximum atomic E-state index is 5.69. The van der Waals surface area contributed by atoms with Crippen LogP contribution in [0.25, 0.3) is 0 Å². The van der Waals surface area contributed by atoms with Gasteiger partial charge in [-0.2, -0.15) is 0 Å². The smallest absolute Gasteiger partial charge is 0.119 e. The molecule has 0 radical (unpaired) electrons. The second-order valence-corrected chi connectivity index (χ2v) is 7.21. The lowest BCUT2D eigenvalue weighted by Crippen LogP contribution is -1.96. The fraction of sp³-hybridized carbons (Fsp3) is 0.480. The van der Waals surface area contributed by atoms with Crippen molar-refractivity contribution in [2.45, 2.75) is 71.6 Å². The van der Waals surface area contributed by atoms with Crippen LogP contribution >= 0.6 is 0 Å². The second-order valence-electron chi connectivity index (χ2n) is 7.21. The Bertz CT molecular complexity index is 643. The van der Waals surface area contributed by atoms with Crippen molar-refractivity contribution in [3.05, 3.63) is 59.7 Å². The molecule has 0 aliphatic heterocycles. The summed E-state index contributed by atoms with van der Waals surface area (Å²) in [4.78, 5) is 4.59. The third kappa shape index (κ3) is 8.90. The van der Waals surface area contributed by atoms with Gasteiger partial charge < -0.3 is 4.74 Å². The molecule has 146 valence electrons. The summed E-state index contributed by atoms with van der Waals surface area (Å²) in [5, 5.41) is 0. The number of unbranched alkanes of at least 4 members (excludes halogenated alkanes) is 6. The van der Waals surface area contributed by atoms with Gasteiger partial charge in [-0.25, -0.2) is 0 Å². The molecule has 0 saturated heterocycles. The number of rotatable bonds is 13. The van der Waals surface area contributed by atoms with E-state index in [1.807, 2.05) is 18.3 Å². The number of aryl methyl sites for hydroxylation is 1. The van der Waals surface area contributed by atoms with Crippen molar-refractivity contribution in [3.63, 3.8) is 0 Å². The van der Waals surface area contributed by atoms with Crippen molar-refractivity contribution < 1.29 is 4.74 Å². The molecule has 0 amide bonds. The predicted octanol–water partition coefficient (Wildman–Crippen LogP) is 7.52. The van der Waals surface area contributed by atoms with Crippen LogP contribution < -0.4 is 4.74 Å². The second kappa shape index (κ2) is 13.1. The summed E-state index contributed by atoms with van der Waals surface area (Å²) in [6.45, 7) is 5.22. The van der Waals surface area contributed by atoms with Crippen molar-refractivity contribution in [1.82, 2.24) is 0 Å². The molecule has 27 heavy (non-hydrogen) atoms. The molecule has 0 saturated carbocycles. The summed E-state index contributed by atoms with van der Waals surface area (Å²) in [6, 6.07) is 16.8. The fourth-order valence-corrected chi connectivity index (χ4v) is 2.99. The molecule has 2 nitrogen and oxygen atoms in total. The SMILES string of the molecule is CCCCCCCCc1ccc(/N=C/c2ccc(OCCCC)cc2)cc1. The molecular formula is C25H35NO. The quantitative estimate of drug-likeness (QED) is 0.266. The minimum atomic E-state index is 0.787. The molecule has 0 aliphatic rings. The predicted molar refractivity (Wildman–Crippen MR) is 118 cm³/mol. The van der Waals surface area contributed by atoms with Crippen LogP contribution in [-0.2, 0) is 6.42 Å². The Morgan fingerprint density at radius 3 is 2.11 bits per heavy atom. The van der Waals surface area contributed by atoms with Crippen molar-refractivity contribution >= 4 is 11.9 Å². The van der Waals surface area contributed by atoms with Crippen LogP contribution in [-0.4, -0.2) is 12.8 Å². The molecule has 0 aromatic heterocycles. The van der Waals surface area contributed by atoms with Gasteiger partial charge in [0.1, 0.15) is 5.75 Å². The van der Waals surface area contributed by atoms with E-state index in [4.69, 9.17) is 4.74 Å². The summed E-state index contributed by atoms with van der Waals surface area (Å²) in [5.41, 5.74) is 3.51. The van der Waals surface area contributed by atoms with E-state index in [9.17, 15) is 0 Å².